The maximum Gasteiger partial charge on any atom is 0.234 e. The largest absolute Gasteiger partial charge is 0.497 e. The highest BCUT2D eigenvalue weighted by molar-refractivity contribution is 8.00. The summed E-state index contributed by atoms with van der Waals surface area (Å²) in [5, 5.41) is 2.70. The molecule has 0 bridgehead atoms. The molecule has 0 aromatic heterocycles. The molecule has 1 N–H and O–H groups in total. The molecule has 0 saturated carbocycles. The van der Waals surface area contributed by atoms with Gasteiger partial charge in [-0.15, -0.1) is 11.8 Å². The van der Waals surface area contributed by atoms with Crippen molar-refractivity contribution < 1.29 is 23.0 Å². The van der Waals surface area contributed by atoms with Gasteiger partial charge in [-0.2, -0.15) is 0 Å². The van der Waals surface area contributed by atoms with Crippen LogP contribution in [-0.2, 0) is 4.79 Å². The van der Waals surface area contributed by atoms with Gasteiger partial charge in [0, 0.05) is 11.0 Å². The van der Waals surface area contributed by atoms with Crippen molar-refractivity contribution in [1.29, 1.82) is 0 Å². The van der Waals surface area contributed by atoms with Crippen LogP contribution in [0.5, 0.6) is 11.5 Å². The van der Waals surface area contributed by atoms with E-state index in [0.717, 1.165) is 23.9 Å². The number of nitrogens with one attached hydrogen (secondary N) is 1. The van der Waals surface area contributed by atoms with E-state index in [0.29, 0.717) is 22.1 Å². The number of thioether (sulfide) groups is 1. The molecule has 0 atom stereocenters. The highest BCUT2D eigenvalue weighted by atomic mass is 32.2. The molecule has 0 aliphatic heterocycles. The number of ether oxygens (including phenoxy) is 2. The average Bonchev–Trinajstić information content (AvgIpc) is 2.56. The number of carbonyl (C=O) groups excluding carboxylic acids is 1. The Morgan fingerprint density at radius 2 is 1.87 bits per heavy atom. The molecule has 23 heavy (non-hydrogen) atoms. The van der Waals surface area contributed by atoms with E-state index in [2.05, 4.69) is 5.32 Å². The van der Waals surface area contributed by atoms with Crippen molar-refractivity contribution in [3.8, 4) is 11.5 Å². The molecule has 1 amide bonds. The van der Waals surface area contributed by atoms with Crippen LogP contribution in [0.4, 0.5) is 14.5 Å². The number of halogens is 2. The predicted molar refractivity (Wildman–Crippen MR) is 85.3 cm³/mol. The quantitative estimate of drug-likeness (QED) is 0.815. The Balaban J connectivity index is 1.98. The third-order valence-electron chi connectivity index (χ3n) is 2.94. The lowest BCUT2D eigenvalue weighted by Gasteiger charge is -2.11. The van der Waals surface area contributed by atoms with E-state index in [9.17, 15) is 13.6 Å². The van der Waals surface area contributed by atoms with Gasteiger partial charge in [0.2, 0.25) is 5.91 Å². The monoisotopic (exact) mass is 339 g/mol. The van der Waals surface area contributed by atoms with Crippen LogP contribution >= 0.6 is 11.8 Å². The zero-order valence-corrected chi connectivity index (χ0v) is 13.4. The summed E-state index contributed by atoms with van der Waals surface area (Å²) in [6, 6.07) is 8.52. The van der Waals surface area contributed by atoms with Crippen LogP contribution in [0.3, 0.4) is 0 Å². The summed E-state index contributed by atoms with van der Waals surface area (Å²) in [7, 11) is 3.02. The first-order chi connectivity index (χ1) is 11.0. The Bertz CT molecular complexity index is 710. The first-order valence-electron chi connectivity index (χ1n) is 6.63. The molecule has 122 valence electrons. The van der Waals surface area contributed by atoms with Crippen molar-refractivity contribution in [2.45, 2.75) is 4.90 Å². The summed E-state index contributed by atoms with van der Waals surface area (Å²) in [5.41, 5.74) is 0.504. The maximum absolute atomic E-state index is 13.1. The van der Waals surface area contributed by atoms with E-state index >= 15 is 0 Å². The lowest BCUT2D eigenvalue weighted by Crippen LogP contribution is -2.14. The fourth-order valence-corrected chi connectivity index (χ4v) is 2.52. The van der Waals surface area contributed by atoms with Gasteiger partial charge in [0.15, 0.2) is 11.6 Å². The summed E-state index contributed by atoms with van der Waals surface area (Å²) in [4.78, 5) is 12.4. The molecule has 4 nitrogen and oxygen atoms in total. The van der Waals surface area contributed by atoms with Gasteiger partial charge < -0.3 is 14.8 Å². The Morgan fingerprint density at radius 3 is 2.52 bits per heavy atom. The zero-order valence-electron chi connectivity index (χ0n) is 12.6. The molecule has 0 aliphatic rings. The van der Waals surface area contributed by atoms with Crippen LogP contribution in [-0.4, -0.2) is 25.9 Å². The van der Waals surface area contributed by atoms with Crippen molar-refractivity contribution in [3.63, 3.8) is 0 Å². The molecule has 0 radical (unpaired) electrons. The third-order valence-corrected chi connectivity index (χ3v) is 3.94. The summed E-state index contributed by atoms with van der Waals surface area (Å²) in [5.74, 6) is -1.01. The molecule has 0 spiro atoms. The normalized spacial score (nSPS) is 10.3. The minimum atomic E-state index is -0.938. The molecule has 2 rings (SSSR count). The molecule has 2 aromatic rings. The second kappa shape index (κ2) is 7.82. The number of methoxy groups -OCH3 is 2. The summed E-state index contributed by atoms with van der Waals surface area (Å²) in [6.45, 7) is 0. The zero-order chi connectivity index (χ0) is 16.8. The first-order valence-corrected chi connectivity index (χ1v) is 7.61. The lowest BCUT2D eigenvalue weighted by molar-refractivity contribution is -0.113. The van der Waals surface area contributed by atoms with E-state index < -0.39 is 11.6 Å². The maximum atomic E-state index is 13.1. The second-order valence-corrected chi connectivity index (χ2v) is 5.53. The molecular formula is C16H15F2NO3S. The average molecular weight is 339 g/mol. The summed E-state index contributed by atoms with van der Waals surface area (Å²) < 4.78 is 36.2. The van der Waals surface area contributed by atoms with Crippen molar-refractivity contribution in [3.05, 3.63) is 48.0 Å². The molecule has 2 aromatic carbocycles. The van der Waals surface area contributed by atoms with Gasteiger partial charge in [-0.3, -0.25) is 4.79 Å². The molecular weight excluding hydrogens is 324 g/mol. The van der Waals surface area contributed by atoms with Crippen molar-refractivity contribution in [1.82, 2.24) is 0 Å². The summed E-state index contributed by atoms with van der Waals surface area (Å²) >= 11 is 1.11. The Labute approximate surface area is 136 Å². The number of amides is 1. The smallest absolute Gasteiger partial charge is 0.234 e. The number of rotatable bonds is 6. The van der Waals surface area contributed by atoms with E-state index in [4.69, 9.17) is 9.47 Å². The van der Waals surface area contributed by atoms with E-state index in [1.807, 2.05) is 0 Å². The predicted octanol–water partition coefficient (Wildman–Crippen LogP) is 3.71. The van der Waals surface area contributed by atoms with Gasteiger partial charge in [0.1, 0.15) is 11.5 Å². The molecule has 0 unspecified atom stereocenters. The van der Waals surface area contributed by atoms with Crippen LogP contribution in [0.2, 0.25) is 0 Å². The Kier molecular flexibility index (Phi) is 5.81. The standard InChI is InChI=1S/C16H15F2NO3S/c1-21-10-3-6-14(15(7-10)22-2)19-16(20)9-23-11-4-5-12(17)13(18)8-11/h3-8H,9H2,1-2H3,(H,19,20). The van der Waals surface area contributed by atoms with Crippen LogP contribution in [0.1, 0.15) is 0 Å². The van der Waals surface area contributed by atoms with Gasteiger partial charge in [-0.25, -0.2) is 8.78 Å². The lowest BCUT2D eigenvalue weighted by atomic mass is 10.2. The number of hydrogen-bond acceptors (Lipinski definition) is 4. The minimum absolute atomic E-state index is 0.0558. The Morgan fingerprint density at radius 1 is 1.09 bits per heavy atom. The van der Waals surface area contributed by atoms with Crippen molar-refractivity contribution in [2.24, 2.45) is 0 Å². The van der Waals surface area contributed by atoms with Gasteiger partial charge in [0.05, 0.1) is 25.7 Å². The number of carbonyl (C=O) groups is 1. The van der Waals surface area contributed by atoms with Crippen LogP contribution in [0.25, 0.3) is 0 Å². The van der Waals surface area contributed by atoms with Gasteiger partial charge in [0.25, 0.3) is 0 Å². The van der Waals surface area contributed by atoms with Crippen LogP contribution in [0.15, 0.2) is 41.3 Å². The van der Waals surface area contributed by atoms with Gasteiger partial charge >= 0.3 is 0 Å². The van der Waals surface area contributed by atoms with Crippen LogP contribution < -0.4 is 14.8 Å². The second-order valence-electron chi connectivity index (χ2n) is 4.48. The fraction of sp³-hybridized carbons (Fsp3) is 0.188. The van der Waals surface area contributed by atoms with E-state index in [1.54, 1.807) is 18.2 Å². The van der Waals surface area contributed by atoms with Crippen molar-refractivity contribution >= 4 is 23.4 Å². The first kappa shape index (κ1) is 17.1. The third kappa shape index (κ3) is 4.59. The van der Waals surface area contributed by atoms with E-state index in [1.165, 1.54) is 20.3 Å². The molecule has 0 aliphatic carbocycles. The number of anilines is 1. The minimum Gasteiger partial charge on any atom is -0.497 e. The topological polar surface area (TPSA) is 47.6 Å². The molecule has 0 saturated heterocycles. The van der Waals surface area contributed by atoms with Gasteiger partial charge in [-0.1, -0.05) is 0 Å². The number of hydrogen-bond donors (Lipinski definition) is 1. The van der Waals surface area contributed by atoms with Crippen molar-refractivity contribution in [2.75, 3.05) is 25.3 Å². The highest BCUT2D eigenvalue weighted by Gasteiger charge is 2.10. The molecule has 0 heterocycles. The SMILES string of the molecule is COc1ccc(NC(=O)CSc2ccc(F)c(F)c2)c(OC)c1. The Hall–Kier alpha value is -2.28. The van der Waals surface area contributed by atoms with Crippen LogP contribution in [0, 0.1) is 11.6 Å². The fourth-order valence-electron chi connectivity index (χ4n) is 1.80. The highest BCUT2D eigenvalue weighted by Crippen LogP contribution is 2.29. The van der Waals surface area contributed by atoms with E-state index in [-0.39, 0.29) is 11.7 Å². The summed E-state index contributed by atoms with van der Waals surface area (Å²) in [6.07, 6.45) is 0. The molecule has 0 fully saturated rings. The molecule has 7 heteroatoms. The number of benzene rings is 2. The van der Waals surface area contributed by atoms with Gasteiger partial charge in [-0.05, 0) is 30.3 Å².